The molecule has 2 aromatic carbocycles. The molecule has 2 aromatic rings. The molecular formula is C22H23N3O5. The van der Waals surface area contributed by atoms with E-state index in [9.17, 15) is 19.2 Å². The van der Waals surface area contributed by atoms with Crippen molar-refractivity contribution in [3.8, 4) is 0 Å². The molecular weight excluding hydrogens is 386 g/mol. The summed E-state index contributed by atoms with van der Waals surface area (Å²) in [5.41, 5.74) is 3.53. The van der Waals surface area contributed by atoms with Gasteiger partial charge in [0.05, 0.1) is 5.56 Å². The fraction of sp³-hybridized carbons (Fsp3) is 0.273. The van der Waals surface area contributed by atoms with Gasteiger partial charge in [-0.1, -0.05) is 55.0 Å². The van der Waals surface area contributed by atoms with Crippen molar-refractivity contribution in [1.29, 1.82) is 0 Å². The molecule has 2 N–H and O–H groups in total. The van der Waals surface area contributed by atoms with Gasteiger partial charge in [-0.25, -0.2) is 9.59 Å². The van der Waals surface area contributed by atoms with Gasteiger partial charge in [-0.15, -0.1) is 0 Å². The maximum Gasteiger partial charge on any atom is 0.344 e. The van der Waals surface area contributed by atoms with Crippen LogP contribution in [-0.4, -0.2) is 35.4 Å². The largest absolute Gasteiger partial charge is 0.452 e. The minimum Gasteiger partial charge on any atom is -0.452 e. The summed E-state index contributed by atoms with van der Waals surface area (Å²) in [5.74, 6) is -2.05. The smallest absolute Gasteiger partial charge is 0.344 e. The van der Waals surface area contributed by atoms with Crippen molar-refractivity contribution < 1.29 is 23.9 Å². The molecule has 0 spiro atoms. The van der Waals surface area contributed by atoms with Crippen LogP contribution in [0.1, 0.15) is 40.4 Å². The van der Waals surface area contributed by atoms with Crippen LogP contribution in [0, 0.1) is 13.8 Å². The van der Waals surface area contributed by atoms with Crippen LogP contribution in [0.2, 0.25) is 0 Å². The summed E-state index contributed by atoms with van der Waals surface area (Å²) in [7, 11) is 0. The first-order valence-electron chi connectivity index (χ1n) is 9.54. The Labute approximate surface area is 174 Å². The number of benzene rings is 2. The Bertz CT molecular complexity index is 1010. The van der Waals surface area contributed by atoms with Gasteiger partial charge in [0.1, 0.15) is 5.54 Å². The summed E-state index contributed by atoms with van der Waals surface area (Å²) >= 11 is 0. The van der Waals surface area contributed by atoms with Gasteiger partial charge in [0.25, 0.3) is 11.8 Å². The summed E-state index contributed by atoms with van der Waals surface area (Å²) in [4.78, 5) is 49.9. The molecule has 0 saturated carbocycles. The fourth-order valence-electron chi connectivity index (χ4n) is 3.36. The lowest BCUT2D eigenvalue weighted by atomic mass is 9.87. The highest BCUT2D eigenvalue weighted by molar-refractivity contribution is 6.08. The van der Waals surface area contributed by atoms with Gasteiger partial charge in [0, 0.05) is 0 Å². The van der Waals surface area contributed by atoms with Crippen molar-refractivity contribution in [1.82, 2.24) is 15.8 Å². The highest BCUT2D eigenvalue weighted by Crippen LogP contribution is 2.31. The van der Waals surface area contributed by atoms with E-state index in [4.69, 9.17) is 4.74 Å². The second-order valence-electron chi connectivity index (χ2n) is 7.13. The number of carbonyl (C=O) groups is 4. The Kier molecular flexibility index (Phi) is 5.86. The number of urea groups is 1. The van der Waals surface area contributed by atoms with Crippen LogP contribution in [0.25, 0.3) is 0 Å². The van der Waals surface area contributed by atoms with E-state index in [1.807, 2.05) is 13.0 Å². The average molecular weight is 409 g/mol. The molecule has 0 aliphatic carbocycles. The van der Waals surface area contributed by atoms with E-state index in [0.29, 0.717) is 22.6 Å². The first-order chi connectivity index (χ1) is 14.3. The number of hydrogen-bond acceptors (Lipinski definition) is 5. The van der Waals surface area contributed by atoms with Crippen LogP contribution >= 0.6 is 0 Å². The van der Waals surface area contributed by atoms with Crippen LogP contribution < -0.4 is 10.7 Å². The zero-order valence-electron chi connectivity index (χ0n) is 17.0. The number of esters is 1. The number of carbonyl (C=O) groups excluding carboxylic acids is 4. The summed E-state index contributed by atoms with van der Waals surface area (Å²) in [6.07, 6.45) is 0.301. The second-order valence-corrected chi connectivity index (χ2v) is 7.13. The average Bonchev–Trinajstić information content (AvgIpc) is 2.99. The van der Waals surface area contributed by atoms with E-state index in [-0.39, 0.29) is 0 Å². The fourth-order valence-corrected chi connectivity index (χ4v) is 3.36. The van der Waals surface area contributed by atoms with Crippen LogP contribution in [0.15, 0.2) is 48.5 Å². The molecule has 4 amide bonds. The SMILES string of the molecule is CC[C@]1(c2ccccc2)NC(=O)N(NC(=O)COC(=O)c2cc(C)ccc2C)C1=O. The van der Waals surface area contributed by atoms with E-state index >= 15 is 0 Å². The van der Waals surface area contributed by atoms with E-state index < -0.39 is 36.0 Å². The number of nitrogens with zero attached hydrogens (tertiary/aromatic N) is 1. The normalized spacial score (nSPS) is 18.2. The third-order valence-corrected chi connectivity index (χ3v) is 5.07. The molecule has 1 atom stereocenters. The first-order valence-corrected chi connectivity index (χ1v) is 9.54. The summed E-state index contributed by atoms with van der Waals surface area (Å²) in [6.45, 7) is 4.74. The second kappa shape index (κ2) is 8.36. The van der Waals surface area contributed by atoms with Gasteiger partial charge < -0.3 is 10.1 Å². The van der Waals surface area contributed by atoms with Gasteiger partial charge in [-0.3, -0.25) is 15.0 Å². The molecule has 1 heterocycles. The third-order valence-electron chi connectivity index (χ3n) is 5.07. The molecule has 1 saturated heterocycles. The zero-order chi connectivity index (χ0) is 21.9. The van der Waals surface area contributed by atoms with E-state index in [1.165, 1.54) is 0 Å². The molecule has 1 aliphatic heterocycles. The minimum atomic E-state index is -1.26. The zero-order valence-corrected chi connectivity index (χ0v) is 17.0. The highest BCUT2D eigenvalue weighted by Gasteiger charge is 2.52. The molecule has 8 nitrogen and oxygen atoms in total. The number of hydrogen-bond donors (Lipinski definition) is 2. The van der Waals surface area contributed by atoms with Crippen molar-refractivity contribution in [2.45, 2.75) is 32.7 Å². The number of aryl methyl sites for hydroxylation is 2. The number of rotatable bonds is 6. The molecule has 0 unspecified atom stereocenters. The van der Waals surface area contributed by atoms with Gasteiger partial charge in [-0.2, -0.15) is 5.01 Å². The number of ether oxygens (including phenoxy) is 1. The van der Waals surface area contributed by atoms with Crippen LogP contribution in [0.5, 0.6) is 0 Å². The lowest BCUT2D eigenvalue weighted by molar-refractivity contribution is -0.140. The Morgan fingerprint density at radius 2 is 1.80 bits per heavy atom. The quantitative estimate of drug-likeness (QED) is 0.563. The predicted octanol–water partition coefficient (Wildman–Crippen LogP) is 2.35. The van der Waals surface area contributed by atoms with Crippen LogP contribution in [0.4, 0.5) is 4.79 Å². The number of hydrazine groups is 1. The van der Waals surface area contributed by atoms with Crippen molar-refractivity contribution >= 4 is 23.8 Å². The summed E-state index contributed by atoms with van der Waals surface area (Å²) < 4.78 is 5.05. The Balaban J connectivity index is 1.67. The maximum atomic E-state index is 13.0. The molecule has 0 aromatic heterocycles. The Morgan fingerprint density at radius 1 is 1.10 bits per heavy atom. The molecule has 8 heteroatoms. The van der Waals surface area contributed by atoms with Gasteiger partial charge >= 0.3 is 12.0 Å². The minimum absolute atomic E-state index is 0.301. The summed E-state index contributed by atoms with van der Waals surface area (Å²) in [6, 6.07) is 13.4. The van der Waals surface area contributed by atoms with Crippen molar-refractivity contribution in [3.63, 3.8) is 0 Å². The third kappa shape index (κ3) is 3.89. The van der Waals surface area contributed by atoms with E-state index in [0.717, 1.165) is 11.1 Å². The molecule has 0 bridgehead atoms. The lowest BCUT2D eigenvalue weighted by Gasteiger charge is -2.25. The highest BCUT2D eigenvalue weighted by atomic mass is 16.5. The topological polar surface area (TPSA) is 105 Å². The van der Waals surface area contributed by atoms with Gasteiger partial charge in [0.2, 0.25) is 0 Å². The van der Waals surface area contributed by atoms with E-state index in [1.54, 1.807) is 56.3 Å². The standard InChI is InChI=1S/C22H23N3O5/c1-4-22(16-8-6-5-7-9-16)20(28)25(21(29)23-22)24-18(26)13-30-19(27)17-12-14(2)10-11-15(17)3/h5-12H,4,13H2,1-3H3,(H,23,29)(H,24,26)/t22-/m1/s1. The number of imide groups is 1. The van der Waals surface area contributed by atoms with Crippen molar-refractivity contribution in [3.05, 3.63) is 70.8 Å². The Morgan fingerprint density at radius 3 is 2.47 bits per heavy atom. The summed E-state index contributed by atoms with van der Waals surface area (Å²) in [5, 5.41) is 3.29. The molecule has 30 heavy (non-hydrogen) atoms. The van der Waals surface area contributed by atoms with Crippen LogP contribution in [0.3, 0.4) is 0 Å². The maximum absolute atomic E-state index is 13.0. The number of nitrogens with one attached hydrogen (secondary N) is 2. The number of amides is 4. The molecule has 0 radical (unpaired) electrons. The van der Waals surface area contributed by atoms with Gasteiger partial charge in [-0.05, 0) is 37.5 Å². The van der Waals surface area contributed by atoms with Crippen LogP contribution in [-0.2, 0) is 19.9 Å². The molecule has 1 fully saturated rings. The van der Waals surface area contributed by atoms with Crippen molar-refractivity contribution in [2.24, 2.45) is 0 Å². The van der Waals surface area contributed by atoms with E-state index in [2.05, 4.69) is 10.7 Å². The van der Waals surface area contributed by atoms with Gasteiger partial charge in [0.15, 0.2) is 6.61 Å². The monoisotopic (exact) mass is 409 g/mol. The molecule has 3 rings (SSSR count). The first kappa shape index (κ1) is 21.0. The molecule has 1 aliphatic rings. The lowest BCUT2D eigenvalue weighted by Crippen LogP contribution is -2.49. The Hall–Kier alpha value is -3.68. The molecule has 156 valence electrons. The van der Waals surface area contributed by atoms with Crippen molar-refractivity contribution in [2.75, 3.05) is 6.61 Å². The predicted molar refractivity (Wildman–Crippen MR) is 108 cm³/mol.